The van der Waals surface area contributed by atoms with Crippen LogP contribution in [0.15, 0.2) is 0 Å². The molecule has 1 rings (SSSR count). The van der Waals surface area contributed by atoms with E-state index in [0.717, 1.165) is 0 Å². The van der Waals surface area contributed by atoms with Crippen molar-refractivity contribution in [3.63, 3.8) is 0 Å². The summed E-state index contributed by atoms with van der Waals surface area (Å²) in [6.45, 7) is 0. The van der Waals surface area contributed by atoms with Gasteiger partial charge in [0.2, 0.25) is 0 Å². The Morgan fingerprint density at radius 1 is 0.385 bits per heavy atom. The van der Waals surface area contributed by atoms with Gasteiger partial charge >= 0.3 is 18.9 Å². The summed E-state index contributed by atoms with van der Waals surface area (Å²) in [5, 5.41) is -2.62. The molecule has 0 nitrogen and oxygen atoms in total. The van der Waals surface area contributed by atoms with Gasteiger partial charge in [0.25, 0.3) is 0 Å². The molecule has 0 unspecified atom stereocenters. The van der Waals surface area contributed by atoms with Gasteiger partial charge in [0.15, 0.2) is 0 Å². The second-order valence-electron chi connectivity index (χ2n) is 2.67. The fourth-order valence-corrected chi connectivity index (χ4v) is 3.38. The van der Waals surface area contributed by atoms with E-state index < -0.39 is 32.3 Å². The summed E-state index contributed by atoms with van der Waals surface area (Å²) in [7, 11) is 0. The Balaban J connectivity index is 0.00000144. The zero-order chi connectivity index (χ0) is 9.46. The molecule has 1 aliphatic rings. The Bertz CT molecular complexity index is 109. The molecule has 1 fully saturated rings. The Labute approximate surface area is 120 Å². The minimum absolute atomic E-state index is 0. The molecule has 0 saturated heterocycles. The van der Waals surface area contributed by atoms with Crippen molar-refractivity contribution in [3.05, 3.63) is 0 Å². The van der Waals surface area contributed by atoms with Crippen LogP contribution in [0.4, 0.5) is 0 Å². The van der Waals surface area contributed by atoms with E-state index >= 15 is 0 Å². The summed E-state index contributed by atoms with van der Waals surface area (Å²) in [5.41, 5.74) is 0. The normalized spacial score (nSPS) is 51.2. The second kappa shape index (κ2) is 6.17. The van der Waals surface area contributed by atoms with Crippen LogP contribution >= 0.6 is 69.6 Å². The maximum atomic E-state index is 5.88. The topological polar surface area (TPSA) is 0 Å². The van der Waals surface area contributed by atoms with Crippen LogP contribution in [0.3, 0.4) is 0 Å². The van der Waals surface area contributed by atoms with E-state index in [9.17, 15) is 0 Å². The fourth-order valence-electron chi connectivity index (χ4n) is 1.05. The third-order valence-corrected chi connectivity index (χ3v) is 5.86. The zero-order valence-electron chi connectivity index (χ0n) is 5.73. The van der Waals surface area contributed by atoms with Crippen LogP contribution in [-0.2, 0) is 0 Å². The molecule has 0 aromatic heterocycles. The molecule has 74 valence electrons. The summed E-state index contributed by atoms with van der Waals surface area (Å²) >= 11 is 35.3. The zero-order valence-corrected chi connectivity index (χ0v) is 10.3. The Kier molecular flexibility index (Phi) is 7.27. The molecule has 13 heavy (non-hydrogen) atoms. The van der Waals surface area contributed by atoms with Gasteiger partial charge in [0, 0.05) is 0 Å². The molecule has 1 saturated carbocycles. The molecular formula is C6H7Cl6Li. The van der Waals surface area contributed by atoms with Gasteiger partial charge in [-0.1, -0.05) is 0 Å². The van der Waals surface area contributed by atoms with Gasteiger partial charge in [-0.05, 0) is 0 Å². The molecule has 0 aromatic rings. The molecule has 7 heteroatoms. The summed E-state index contributed by atoms with van der Waals surface area (Å²) in [4.78, 5) is 0. The number of rotatable bonds is 0. The van der Waals surface area contributed by atoms with E-state index in [-0.39, 0.29) is 18.9 Å². The molecule has 0 N–H and O–H groups in total. The molecule has 0 aliphatic heterocycles. The molecule has 0 radical (unpaired) electrons. The van der Waals surface area contributed by atoms with Crippen LogP contribution in [0.2, 0.25) is 0 Å². The molecular weight excluding hydrogens is 292 g/mol. The first-order chi connectivity index (χ1) is 5.46. The first kappa shape index (κ1) is 15.3. The molecule has 0 atom stereocenters. The average Bonchev–Trinajstić information content (AvgIpc) is 2.08. The minimum atomic E-state index is -0.437. The monoisotopic (exact) mass is 296 g/mol. The van der Waals surface area contributed by atoms with Gasteiger partial charge < -0.3 is 0 Å². The summed E-state index contributed by atoms with van der Waals surface area (Å²) in [5.74, 6) is 0. The van der Waals surface area contributed by atoms with Crippen LogP contribution in [-0.4, -0.2) is 51.1 Å². The van der Waals surface area contributed by atoms with Gasteiger partial charge in [-0.25, -0.2) is 0 Å². The molecule has 1 aliphatic carbocycles. The van der Waals surface area contributed by atoms with Gasteiger partial charge in [-0.2, -0.15) is 0 Å². The third-order valence-electron chi connectivity index (χ3n) is 1.83. The number of hydrogen-bond donors (Lipinski definition) is 0. The molecule has 0 aromatic carbocycles. The van der Waals surface area contributed by atoms with E-state index in [4.69, 9.17) is 69.6 Å². The Morgan fingerprint density at radius 2 is 0.462 bits per heavy atom. The van der Waals surface area contributed by atoms with Crippen molar-refractivity contribution in [1.29, 1.82) is 0 Å². The van der Waals surface area contributed by atoms with E-state index in [1.54, 1.807) is 0 Å². The van der Waals surface area contributed by atoms with Crippen molar-refractivity contribution in [1.82, 2.24) is 0 Å². The van der Waals surface area contributed by atoms with Gasteiger partial charge in [0.1, 0.15) is 0 Å². The Hall–Kier alpha value is 2.34. The number of alkyl halides is 6. The van der Waals surface area contributed by atoms with Crippen LogP contribution in [0.5, 0.6) is 0 Å². The fraction of sp³-hybridized carbons (Fsp3) is 1.00. The van der Waals surface area contributed by atoms with Crippen molar-refractivity contribution in [2.45, 2.75) is 32.3 Å². The van der Waals surface area contributed by atoms with Crippen LogP contribution in [0.25, 0.3) is 0 Å². The summed E-state index contributed by atoms with van der Waals surface area (Å²) < 4.78 is 0. The molecule has 0 spiro atoms. The van der Waals surface area contributed by atoms with Crippen molar-refractivity contribution in [3.8, 4) is 0 Å². The number of hydrogen-bond acceptors (Lipinski definition) is 0. The first-order valence-corrected chi connectivity index (χ1v) is 5.93. The van der Waals surface area contributed by atoms with Gasteiger partial charge in [-0.15, -0.1) is 69.6 Å². The van der Waals surface area contributed by atoms with Crippen molar-refractivity contribution in [2.24, 2.45) is 0 Å². The first-order valence-electron chi connectivity index (χ1n) is 3.31. The SMILES string of the molecule is Cl[C@H]1[C@H](Cl)[C@@H](Cl)[C@@H](Cl)[C@H](Cl)[C@H]1Cl.[LiH]. The van der Waals surface area contributed by atoms with Gasteiger partial charge in [0.05, 0.1) is 32.3 Å². The standard InChI is InChI=1S/C6H6Cl6.Li.H/c7-1-2(8)4(10)6(12)5(11)3(1)9;;/h1-6H;;/t1-,2-,3-,4+,5+,6+;;. The average molecular weight is 299 g/mol. The van der Waals surface area contributed by atoms with E-state index in [1.165, 1.54) is 0 Å². The maximum absolute atomic E-state index is 5.88. The molecule has 0 heterocycles. The quantitative estimate of drug-likeness (QED) is 0.476. The van der Waals surface area contributed by atoms with Gasteiger partial charge in [-0.3, -0.25) is 0 Å². The predicted molar refractivity (Wildman–Crippen MR) is 65.0 cm³/mol. The molecule has 0 amide bonds. The summed E-state index contributed by atoms with van der Waals surface area (Å²) in [6, 6.07) is 0. The van der Waals surface area contributed by atoms with Crippen molar-refractivity contribution >= 4 is 88.5 Å². The van der Waals surface area contributed by atoms with Crippen LogP contribution in [0.1, 0.15) is 0 Å². The van der Waals surface area contributed by atoms with Crippen LogP contribution < -0.4 is 0 Å². The van der Waals surface area contributed by atoms with Crippen LogP contribution in [0, 0.1) is 0 Å². The second-order valence-corrected chi connectivity index (χ2v) is 5.69. The van der Waals surface area contributed by atoms with E-state index in [2.05, 4.69) is 0 Å². The van der Waals surface area contributed by atoms with Crippen molar-refractivity contribution in [2.75, 3.05) is 0 Å². The van der Waals surface area contributed by atoms with E-state index in [1.807, 2.05) is 0 Å². The summed E-state index contributed by atoms with van der Waals surface area (Å²) in [6.07, 6.45) is 0. The van der Waals surface area contributed by atoms with E-state index in [0.29, 0.717) is 0 Å². The predicted octanol–water partition coefficient (Wildman–Crippen LogP) is 3.00. The number of halogens is 6. The van der Waals surface area contributed by atoms with Crippen molar-refractivity contribution < 1.29 is 0 Å². The Morgan fingerprint density at radius 3 is 0.538 bits per heavy atom. The third kappa shape index (κ3) is 3.15. The molecule has 0 bridgehead atoms.